The SMILES string of the molecule is C[C@@H](NC(=O)OC(C)(C)C)c1cccc(-c2ccc(CN3CC[C@H](O)C3)cn2)c1. The van der Waals surface area contributed by atoms with Gasteiger partial charge in [0.05, 0.1) is 17.8 Å². The van der Waals surface area contributed by atoms with Gasteiger partial charge in [0.25, 0.3) is 0 Å². The summed E-state index contributed by atoms with van der Waals surface area (Å²) in [6.07, 6.45) is 2.11. The number of aliphatic hydroxyl groups is 1. The highest BCUT2D eigenvalue weighted by Crippen LogP contribution is 2.23. The number of aromatic nitrogens is 1. The lowest BCUT2D eigenvalue weighted by Crippen LogP contribution is -2.34. The first-order valence-corrected chi connectivity index (χ1v) is 10.1. The summed E-state index contributed by atoms with van der Waals surface area (Å²) in [5.74, 6) is 0. The summed E-state index contributed by atoms with van der Waals surface area (Å²) >= 11 is 0. The molecule has 1 aliphatic heterocycles. The zero-order valence-corrected chi connectivity index (χ0v) is 17.7. The fourth-order valence-electron chi connectivity index (χ4n) is 3.44. The van der Waals surface area contributed by atoms with Crippen LogP contribution in [0.15, 0.2) is 42.6 Å². The molecule has 0 bridgehead atoms. The average molecular weight is 398 g/mol. The first-order valence-electron chi connectivity index (χ1n) is 10.1. The Morgan fingerprint density at radius 3 is 2.76 bits per heavy atom. The van der Waals surface area contributed by atoms with Gasteiger partial charge in [-0.05, 0) is 57.4 Å². The second-order valence-electron chi connectivity index (χ2n) is 8.72. The summed E-state index contributed by atoms with van der Waals surface area (Å²) in [5, 5.41) is 12.5. The van der Waals surface area contributed by atoms with Crippen molar-refractivity contribution in [3.05, 3.63) is 53.7 Å². The van der Waals surface area contributed by atoms with Crippen LogP contribution in [0.4, 0.5) is 4.79 Å². The van der Waals surface area contributed by atoms with Crippen molar-refractivity contribution in [2.24, 2.45) is 0 Å². The van der Waals surface area contributed by atoms with E-state index in [9.17, 15) is 9.90 Å². The number of β-amino-alcohol motifs (C(OH)–C–C–N with tert-alkyl or cyclic N) is 1. The van der Waals surface area contributed by atoms with Crippen LogP contribution in [0, 0.1) is 0 Å². The highest BCUT2D eigenvalue weighted by atomic mass is 16.6. The van der Waals surface area contributed by atoms with Crippen LogP contribution < -0.4 is 5.32 Å². The molecule has 0 aliphatic carbocycles. The normalized spacial score (nSPS) is 18.4. The zero-order valence-electron chi connectivity index (χ0n) is 17.7. The van der Waals surface area contributed by atoms with Gasteiger partial charge in [-0.3, -0.25) is 9.88 Å². The topological polar surface area (TPSA) is 74.7 Å². The minimum absolute atomic E-state index is 0.175. The Morgan fingerprint density at radius 1 is 1.34 bits per heavy atom. The van der Waals surface area contributed by atoms with E-state index in [2.05, 4.69) is 21.3 Å². The predicted molar refractivity (Wildman–Crippen MR) is 113 cm³/mol. The Kier molecular flexibility index (Phi) is 6.55. The summed E-state index contributed by atoms with van der Waals surface area (Å²) in [6, 6.07) is 11.9. The van der Waals surface area contributed by atoms with Crippen molar-refractivity contribution >= 4 is 6.09 Å². The summed E-state index contributed by atoms with van der Waals surface area (Å²) in [4.78, 5) is 18.9. The number of nitrogens with one attached hydrogen (secondary N) is 1. The number of ether oxygens (including phenoxy) is 1. The molecule has 2 atom stereocenters. The first kappa shape index (κ1) is 21.3. The number of carbonyl (C=O) groups excluding carboxylic acids is 1. The van der Waals surface area contributed by atoms with Crippen LogP contribution in [-0.2, 0) is 11.3 Å². The lowest BCUT2D eigenvalue weighted by Gasteiger charge is -2.22. The molecule has 29 heavy (non-hydrogen) atoms. The number of amides is 1. The number of hydrogen-bond donors (Lipinski definition) is 2. The third kappa shape index (κ3) is 6.27. The standard InChI is InChI=1S/C23H31N3O3/c1-16(25-22(28)29-23(2,3)4)18-6-5-7-19(12-18)21-9-8-17(13-24-21)14-26-11-10-20(27)15-26/h5-9,12-13,16,20,27H,10-11,14-15H2,1-4H3,(H,25,28)/t16-,20+/m1/s1. The van der Waals surface area contributed by atoms with Gasteiger partial charge >= 0.3 is 6.09 Å². The van der Waals surface area contributed by atoms with Gasteiger partial charge in [0.1, 0.15) is 5.60 Å². The molecule has 2 N–H and O–H groups in total. The van der Waals surface area contributed by atoms with Crippen molar-refractivity contribution in [2.75, 3.05) is 13.1 Å². The Balaban J connectivity index is 1.65. The Labute approximate surface area is 172 Å². The molecule has 1 fully saturated rings. The third-order valence-corrected chi connectivity index (χ3v) is 4.89. The number of pyridine rings is 1. The van der Waals surface area contributed by atoms with Gasteiger partial charge in [0, 0.05) is 31.4 Å². The molecule has 2 aromatic rings. The molecule has 156 valence electrons. The zero-order chi connectivity index (χ0) is 21.0. The molecule has 1 aromatic carbocycles. The van der Waals surface area contributed by atoms with Gasteiger partial charge < -0.3 is 15.2 Å². The number of alkyl carbamates (subject to hydrolysis) is 1. The average Bonchev–Trinajstić information content (AvgIpc) is 3.05. The maximum Gasteiger partial charge on any atom is 0.408 e. The van der Waals surface area contributed by atoms with Gasteiger partial charge in [-0.1, -0.05) is 24.3 Å². The molecule has 6 nitrogen and oxygen atoms in total. The quantitative estimate of drug-likeness (QED) is 0.800. The number of rotatable bonds is 5. The third-order valence-electron chi connectivity index (χ3n) is 4.89. The van der Waals surface area contributed by atoms with Crippen LogP contribution in [0.2, 0.25) is 0 Å². The van der Waals surface area contributed by atoms with Gasteiger partial charge in [-0.2, -0.15) is 0 Å². The van der Waals surface area contributed by atoms with E-state index in [0.29, 0.717) is 0 Å². The van der Waals surface area contributed by atoms with Crippen LogP contribution in [0.25, 0.3) is 11.3 Å². The summed E-state index contributed by atoms with van der Waals surface area (Å²) < 4.78 is 5.34. The summed E-state index contributed by atoms with van der Waals surface area (Å²) in [6.45, 7) is 9.93. The van der Waals surface area contributed by atoms with Gasteiger partial charge in [0.2, 0.25) is 0 Å². The molecule has 0 saturated carbocycles. The van der Waals surface area contributed by atoms with Crippen molar-refractivity contribution in [1.29, 1.82) is 0 Å². The number of hydrogen-bond acceptors (Lipinski definition) is 5. The lowest BCUT2D eigenvalue weighted by molar-refractivity contribution is 0.0508. The lowest BCUT2D eigenvalue weighted by atomic mass is 10.0. The summed E-state index contributed by atoms with van der Waals surface area (Å²) in [5.41, 5.74) is 3.50. The van der Waals surface area contributed by atoms with Gasteiger partial charge in [-0.25, -0.2) is 4.79 Å². The highest BCUT2D eigenvalue weighted by molar-refractivity contribution is 5.68. The Hall–Kier alpha value is -2.44. The molecular weight excluding hydrogens is 366 g/mol. The molecule has 0 unspecified atom stereocenters. The van der Waals surface area contributed by atoms with Crippen LogP contribution in [0.5, 0.6) is 0 Å². The maximum atomic E-state index is 12.0. The van der Waals surface area contributed by atoms with Gasteiger partial charge in [0.15, 0.2) is 0 Å². The fraction of sp³-hybridized carbons (Fsp3) is 0.478. The van der Waals surface area contributed by atoms with Crippen molar-refractivity contribution in [3.8, 4) is 11.3 Å². The van der Waals surface area contributed by atoms with E-state index in [0.717, 1.165) is 48.4 Å². The van der Waals surface area contributed by atoms with E-state index in [4.69, 9.17) is 4.74 Å². The largest absolute Gasteiger partial charge is 0.444 e. The minimum Gasteiger partial charge on any atom is -0.444 e. The predicted octanol–water partition coefficient (Wildman–Crippen LogP) is 3.90. The molecular formula is C23H31N3O3. The number of nitrogens with zero attached hydrogens (tertiary/aromatic N) is 2. The van der Waals surface area contributed by atoms with Crippen LogP contribution in [-0.4, -0.2) is 45.9 Å². The maximum absolute atomic E-state index is 12.0. The van der Waals surface area contributed by atoms with E-state index in [1.807, 2.05) is 64.2 Å². The molecule has 3 rings (SSSR count). The molecule has 2 heterocycles. The Bertz CT molecular complexity index is 830. The molecule has 0 spiro atoms. The number of carbonyl (C=O) groups is 1. The van der Waals surface area contributed by atoms with Crippen LogP contribution >= 0.6 is 0 Å². The molecule has 1 aliphatic rings. The molecule has 1 aromatic heterocycles. The first-order chi connectivity index (χ1) is 13.7. The highest BCUT2D eigenvalue weighted by Gasteiger charge is 2.20. The number of benzene rings is 1. The molecule has 1 amide bonds. The van der Waals surface area contributed by atoms with Crippen molar-refractivity contribution in [1.82, 2.24) is 15.2 Å². The van der Waals surface area contributed by atoms with E-state index in [-0.39, 0.29) is 12.1 Å². The Morgan fingerprint density at radius 2 is 2.14 bits per heavy atom. The van der Waals surface area contributed by atoms with Crippen molar-refractivity contribution in [2.45, 2.75) is 58.4 Å². The number of aliphatic hydroxyl groups excluding tert-OH is 1. The minimum atomic E-state index is -0.523. The van der Waals surface area contributed by atoms with E-state index >= 15 is 0 Å². The second kappa shape index (κ2) is 8.93. The smallest absolute Gasteiger partial charge is 0.408 e. The molecule has 1 saturated heterocycles. The van der Waals surface area contributed by atoms with E-state index in [1.165, 1.54) is 0 Å². The van der Waals surface area contributed by atoms with Crippen molar-refractivity contribution in [3.63, 3.8) is 0 Å². The molecule has 0 radical (unpaired) electrons. The summed E-state index contributed by atoms with van der Waals surface area (Å²) in [7, 11) is 0. The molecule has 6 heteroatoms. The monoisotopic (exact) mass is 397 g/mol. The van der Waals surface area contributed by atoms with Crippen LogP contribution in [0.3, 0.4) is 0 Å². The fourth-order valence-corrected chi connectivity index (χ4v) is 3.44. The van der Waals surface area contributed by atoms with E-state index in [1.54, 1.807) is 0 Å². The van der Waals surface area contributed by atoms with Gasteiger partial charge in [-0.15, -0.1) is 0 Å². The van der Waals surface area contributed by atoms with E-state index < -0.39 is 11.7 Å². The van der Waals surface area contributed by atoms with Crippen molar-refractivity contribution < 1.29 is 14.6 Å². The second-order valence-corrected chi connectivity index (χ2v) is 8.72. The number of likely N-dealkylation sites (tertiary alicyclic amines) is 1. The van der Waals surface area contributed by atoms with Crippen LogP contribution in [0.1, 0.15) is 51.3 Å².